The number of hydrogen-bond donors (Lipinski definition) is 2. The van der Waals surface area contributed by atoms with Crippen LogP contribution in [-0.2, 0) is 23.8 Å². The minimum Gasteiger partial charge on any atom is -0.465 e. The molecule has 0 spiro atoms. The predicted octanol–water partition coefficient (Wildman–Crippen LogP) is 3.97. The summed E-state index contributed by atoms with van der Waals surface area (Å²) in [4.78, 5) is 24.1. The minimum absolute atomic E-state index is 0.0223. The van der Waals surface area contributed by atoms with Crippen molar-refractivity contribution in [3.8, 4) is 0 Å². The minimum atomic E-state index is -0.618. The maximum atomic E-state index is 12.1. The monoisotopic (exact) mass is 456 g/mol. The van der Waals surface area contributed by atoms with Crippen molar-refractivity contribution in [3.05, 3.63) is 25.3 Å². The van der Waals surface area contributed by atoms with Crippen molar-refractivity contribution in [2.75, 3.05) is 39.6 Å². The molecule has 0 radical (unpaired) electrons. The van der Waals surface area contributed by atoms with Crippen molar-refractivity contribution in [3.63, 3.8) is 0 Å². The Hall–Kier alpha value is -1.70. The molecule has 2 unspecified atom stereocenters. The van der Waals surface area contributed by atoms with E-state index in [1.54, 1.807) is 6.08 Å². The highest BCUT2D eigenvalue weighted by atomic mass is 16.5. The van der Waals surface area contributed by atoms with Crippen LogP contribution in [0.15, 0.2) is 25.3 Å². The Balaban J connectivity index is 4.23. The molecular weight excluding hydrogens is 412 g/mol. The molecule has 7 heteroatoms. The molecule has 0 aliphatic carbocycles. The molecule has 0 rings (SSSR count). The first kappa shape index (κ1) is 30.3. The van der Waals surface area contributed by atoms with E-state index in [0.29, 0.717) is 25.9 Å². The quantitative estimate of drug-likeness (QED) is 0.153. The molecule has 186 valence electrons. The van der Waals surface area contributed by atoms with Crippen molar-refractivity contribution >= 4 is 11.9 Å². The van der Waals surface area contributed by atoms with Gasteiger partial charge in [-0.1, -0.05) is 26.0 Å². The molecule has 0 saturated carbocycles. The molecule has 0 aromatic heterocycles. The number of aliphatic hydroxyl groups excluding tert-OH is 2. The smallest absolute Gasteiger partial charge is 0.305 e. The van der Waals surface area contributed by atoms with Gasteiger partial charge in [-0.15, -0.1) is 13.2 Å². The van der Waals surface area contributed by atoms with E-state index in [-0.39, 0.29) is 57.8 Å². The third-order valence-electron chi connectivity index (χ3n) is 6.02. The summed E-state index contributed by atoms with van der Waals surface area (Å²) in [6.45, 7) is 12.0. The van der Waals surface area contributed by atoms with Crippen molar-refractivity contribution in [1.82, 2.24) is 0 Å². The van der Waals surface area contributed by atoms with Crippen molar-refractivity contribution in [2.24, 2.45) is 10.8 Å². The lowest BCUT2D eigenvalue weighted by atomic mass is 9.82. The van der Waals surface area contributed by atoms with Crippen LogP contribution in [0.5, 0.6) is 0 Å². The number of carbonyl (C=O) groups is 2. The topological polar surface area (TPSA) is 102 Å². The summed E-state index contributed by atoms with van der Waals surface area (Å²) in [5.74, 6) is -0.682. The van der Waals surface area contributed by atoms with E-state index in [2.05, 4.69) is 13.2 Å². The normalized spacial score (nSPS) is 14.8. The van der Waals surface area contributed by atoms with Gasteiger partial charge in [-0.2, -0.15) is 0 Å². The summed E-state index contributed by atoms with van der Waals surface area (Å²) in [6, 6.07) is 0. The number of unbranched alkanes of at least 4 members (excludes halogenated alkanes) is 2. The SMILES string of the molecule is C=CCCCC(CC)(CO)COC(=O)CCCCC(=O)OCC(CC)(CO)COCC=C. The van der Waals surface area contributed by atoms with Gasteiger partial charge in [0.2, 0.25) is 0 Å². The Bertz CT molecular complexity index is 488. The lowest BCUT2D eigenvalue weighted by Crippen LogP contribution is -2.36. The van der Waals surface area contributed by atoms with Crippen LogP contribution in [0.4, 0.5) is 0 Å². The number of allylic oxidation sites excluding steroid dienone is 1. The van der Waals surface area contributed by atoms with E-state index in [1.807, 2.05) is 19.9 Å². The Labute approximate surface area is 193 Å². The molecule has 0 aliphatic rings. The average molecular weight is 457 g/mol. The molecule has 0 saturated heterocycles. The maximum Gasteiger partial charge on any atom is 0.305 e. The van der Waals surface area contributed by atoms with Crippen LogP contribution in [0.25, 0.3) is 0 Å². The van der Waals surface area contributed by atoms with Gasteiger partial charge < -0.3 is 24.4 Å². The number of ether oxygens (including phenoxy) is 3. The van der Waals surface area contributed by atoms with Gasteiger partial charge in [0, 0.05) is 18.3 Å². The van der Waals surface area contributed by atoms with Gasteiger partial charge in [0.15, 0.2) is 0 Å². The molecule has 0 bridgehead atoms. The Morgan fingerprint density at radius 2 is 1.34 bits per heavy atom. The molecule has 32 heavy (non-hydrogen) atoms. The van der Waals surface area contributed by atoms with Gasteiger partial charge in [0.05, 0.1) is 38.4 Å². The number of carbonyl (C=O) groups excluding carboxylic acids is 2. The first-order valence-electron chi connectivity index (χ1n) is 11.7. The summed E-state index contributed by atoms with van der Waals surface area (Å²) in [5.41, 5.74) is -1.02. The molecule has 0 aromatic carbocycles. The highest BCUT2D eigenvalue weighted by Gasteiger charge is 2.30. The Morgan fingerprint density at radius 3 is 1.78 bits per heavy atom. The first-order chi connectivity index (χ1) is 15.4. The van der Waals surface area contributed by atoms with Crippen LogP contribution in [0.2, 0.25) is 0 Å². The number of esters is 2. The summed E-state index contributed by atoms with van der Waals surface area (Å²) in [7, 11) is 0. The molecule has 0 fully saturated rings. The van der Waals surface area contributed by atoms with Crippen LogP contribution in [0, 0.1) is 10.8 Å². The molecule has 2 N–H and O–H groups in total. The molecule has 0 amide bonds. The third kappa shape index (κ3) is 12.4. The largest absolute Gasteiger partial charge is 0.465 e. The average Bonchev–Trinajstić information content (AvgIpc) is 2.81. The Kier molecular flexibility index (Phi) is 16.9. The molecule has 7 nitrogen and oxygen atoms in total. The fourth-order valence-electron chi connectivity index (χ4n) is 3.17. The molecular formula is C25H44O7. The second-order valence-corrected chi connectivity index (χ2v) is 8.54. The maximum absolute atomic E-state index is 12.1. The Morgan fingerprint density at radius 1 is 0.812 bits per heavy atom. The third-order valence-corrected chi connectivity index (χ3v) is 6.02. The zero-order valence-electron chi connectivity index (χ0n) is 20.1. The lowest BCUT2D eigenvalue weighted by molar-refractivity contribution is -0.152. The van der Waals surface area contributed by atoms with E-state index in [0.717, 1.165) is 25.7 Å². The predicted molar refractivity (Wildman–Crippen MR) is 125 cm³/mol. The van der Waals surface area contributed by atoms with E-state index in [4.69, 9.17) is 14.2 Å². The van der Waals surface area contributed by atoms with Crippen molar-refractivity contribution < 1.29 is 34.0 Å². The van der Waals surface area contributed by atoms with Gasteiger partial charge in [-0.05, 0) is 44.9 Å². The number of aliphatic hydroxyl groups is 2. The van der Waals surface area contributed by atoms with Crippen molar-refractivity contribution in [2.45, 2.75) is 71.6 Å². The second-order valence-electron chi connectivity index (χ2n) is 8.54. The molecule has 2 atom stereocenters. The van der Waals surface area contributed by atoms with Crippen LogP contribution < -0.4 is 0 Å². The van der Waals surface area contributed by atoms with Gasteiger partial charge in [-0.25, -0.2) is 0 Å². The van der Waals surface area contributed by atoms with Crippen LogP contribution in [0.3, 0.4) is 0 Å². The van der Waals surface area contributed by atoms with Gasteiger partial charge >= 0.3 is 11.9 Å². The van der Waals surface area contributed by atoms with Gasteiger partial charge in [0.25, 0.3) is 0 Å². The summed E-state index contributed by atoms with van der Waals surface area (Å²) >= 11 is 0. The van der Waals surface area contributed by atoms with E-state index >= 15 is 0 Å². The summed E-state index contributed by atoms with van der Waals surface area (Å²) in [6.07, 6.45) is 8.80. The van der Waals surface area contributed by atoms with Crippen molar-refractivity contribution in [1.29, 1.82) is 0 Å². The molecule has 0 heterocycles. The lowest BCUT2D eigenvalue weighted by Gasteiger charge is -2.30. The van der Waals surface area contributed by atoms with E-state index in [9.17, 15) is 19.8 Å². The molecule has 0 aliphatic heterocycles. The van der Waals surface area contributed by atoms with Crippen LogP contribution in [-0.4, -0.2) is 61.8 Å². The second kappa shape index (κ2) is 17.8. The zero-order valence-corrected chi connectivity index (χ0v) is 20.1. The van der Waals surface area contributed by atoms with E-state index in [1.165, 1.54) is 0 Å². The van der Waals surface area contributed by atoms with Crippen LogP contribution in [0.1, 0.15) is 71.6 Å². The van der Waals surface area contributed by atoms with Crippen LogP contribution >= 0.6 is 0 Å². The fraction of sp³-hybridized carbons (Fsp3) is 0.760. The summed E-state index contributed by atoms with van der Waals surface area (Å²) < 4.78 is 16.2. The number of hydrogen-bond acceptors (Lipinski definition) is 7. The summed E-state index contributed by atoms with van der Waals surface area (Å²) in [5, 5.41) is 19.5. The molecule has 0 aromatic rings. The number of rotatable bonds is 21. The van der Waals surface area contributed by atoms with Gasteiger partial charge in [0.1, 0.15) is 6.61 Å². The van der Waals surface area contributed by atoms with Gasteiger partial charge in [-0.3, -0.25) is 9.59 Å². The van der Waals surface area contributed by atoms with E-state index < -0.39 is 10.8 Å². The zero-order chi connectivity index (χ0) is 24.3. The standard InChI is InChI=1S/C25H44O7/c1-5-9-12-15-24(7-3,17-26)20-31-22(28)13-10-11-14-23(29)32-21-25(8-4,18-27)19-30-16-6-2/h5-6,26-27H,1-2,7-21H2,3-4H3. The highest BCUT2D eigenvalue weighted by molar-refractivity contribution is 5.70. The fourth-order valence-corrected chi connectivity index (χ4v) is 3.17. The first-order valence-corrected chi connectivity index (χ1v) is 11.7. The highest BCUT2D eigenvalue weighted by Crippen LogP contribution is 2.29.